The van der Waals surface area contributed by atoms with E-state index in [9.17, 15) is 4.79 Å². The number of aromatic nitrogens is 1. The summed E-state index contributed by atoms with van der Waals surface area (Å²) in [5.41, 5.74) is 4.75. The standard InChI is InChI=1S/C21H23N3O2/c1-26-16-7-8-19-17(13-16)18-14-24(12-10-20(18)23-19)21(25)22-11-9-15-5-3-2-4-6-15/h2-8,13,23H,9-12,14H2,1H3,(H,22,25). The lowest BCUT2D eigenvalue weighted by Gasteiger charge is -2.27. The summed E-state index contributed by atoms with van der Waals surface area (Å²) in [4.78, 5) is 17.9. The molecule has 5 heteroatoms. The van der Waals surface area contributed by atoms with Crippen LogP contribution in [0.4, 0.5) is 4.79 Å². The van der Waals surface area contributed by atoms with E-state index in [1.54, 1.807) is 7.11 Å². The van der Waals surface area contributed by atoms with Gasteiger partial charge in [0.1, 0.15) is 5.75 Å². The zero-order valence-electron chi connectivity index (χ0n) is 14.9. The summed E-state index contributed by atoms with van der Waals surface area (Å²) in [6.45, 7) is 2.00. The van der Waals surface area contributed by atoms with Gasteiger partial charge in [-0.3, -0.25) is 0 Å². The van der Waals surface area contributed by atoms with E-state index in [1.807, 2.05) is 41.3 Å². The molecule has 0 atom stereocenters. The van der Waals surface area contributed by atoms with Crippen molar-refractivity contribution in [3.8, 4) is 5.75 Å². The van der Waals surface area contributed by atoms with E-state index in [0.717, 1.165) is 36.0 Å². The van der Waals surface area contributed by atoms with E-state index in [0.29, 0.717) is 13.1 Å². The van der Waals surface area contributed by atoms with Crippen LogP contribution in [0.25, 0.3) is 10.9 Å². The molecule has 2 heterocycles. The third kappa shape index (κ3) is 3.25. The number of nitrogens with one attached hydrogen (secondary N) is 2. The second-order valence-corrected chi connectivity index (χ2v) is 6.63. The average Bonchev–Trinajstić information content (AvgIpc) is 3.05. The van der Waals surface area contributed by atoms with Gasteiger partial charge >= 0.3 is 6.03 Å². The van der Waals surface area contributed by atoms with E-state index in [4.69, 9.17) is 4.74 Å². The molecule has 1 aromatic heterocycles. The molecule has 0 aliphatic carbocycles. The zero-order valence-corrected chi connectivity index (χ0v) is 14.9. The Morgan fingerprint density at radius 3 is 2.88 bits per heavy atom. The topological polar surface area (TPSA) is 57.4 Å². The minimum Gasteiger partial charge on any atom is -0.497 e. The number of H-pyrrole nitrogens is 1. The van der Waals surface area contributed by atoms with Crippen LogP contribution in [0.3, 0.4) is 0 Å². The Labute approximate surface area is 153 Å². The molecular formula is C21H23N3O2. The largest absolute Gasteiger partial charge is 0.497 e. The van der Waals surface area contributed by atoms with Crippen LogP contribution < -0.4 is 10.1 Å². The SMILES string of the molecule is COc1ccc2[nH]c3c(c2c1)CN(C(=O)NCCc1ccccc1)CC3. The molecule has 134 valence electrons. The maximum atomic E-state index is 12.6. The van der Waals surface area contributed by atoms with Gasteiger partial charge in [0, 0.05) is 48.2 Å². The predicted octanol–water partition coefficient (Wildman–Crippen LogP) is 3.49. The molecular weight excluding hydrogens is 326 g/mol. The highest BCUT2D eigenvalue weighted by Crippen LogP contribution is 2.30. The fraction of sp³-hybridized carbons (Fsp3) is 0.286. The number of hydrogen-bond donors (Lipinski definition) is 2. The van der Waals surface area contributed by atoms with Crippen molar-refractivity contribution in [2.24, 2.45) is 0 Å². The van der Waals surface area contributed by atoms with Gasteiger partial charge in [0.2, 0.25) is 0 Å². The fourth-order valence-electron chi connectivity index (χ4n) is 3.56. The van der Waals surface area contributed by atoms with Crippen LogP contribution in [-0.2, 0) is 19.4 Å². The molecule has 0 saturated heterocycles. The number of carbonyl (C=O) groups excluding carboxylic acids is 1. The molecule has 0 radical (unpaired) electrons. The lowest BCUT2D eigenvalue weighted by Crippen LogP contribution is -2.43. The monoisotopic (exact) mass is 349 g/mol. The van der Waals surface area contributed by atoms with E-state index in [-0.39, 0.29) is 6.03 Å². The molecule has 0 saturated carbocycles. The van der Waals surface area contributed by atoms with Crippen molar-refractivity contribution >= 4 is 16.9 Å². The summed E-state index contributed by atoms with van der Waals surface area (Å²) in [6, 6.07) is 16.3. The average molecular weight is 349 g/mol. The number of benzene rings is 2. The summed E-state index contributed by atoms with van der Waals surface area (Å²) in [7, 11) is 1.67. The van der Waals surface area contributed by atoms with Gasteiger partial charge in [-0.1, -0.05) is 30.3 Å². The molecule has 1 aliphatic rings. The number of aromatic amines is 1. The number of nitrogens with zero attached hydrogens (tertiary/aromatic N) is 1. The Balaban J connectivity index is 1.43. The van der Waals surface area contributed by atoms with Crippen LogP contribution in [0.2, 0.25) is 0 Å². The third-order valence-electron chi connectivity index (χ3n) is 5.00. The molecule has 2 N–H and O–H groups in total. The molecule has 4 rings (SSSR count). The zero-order chi connectivity index (χ0) is 17.9. The molecule has 26 heavy (non-hydrogen) atoms. The van der Waals surface area contributed by atoms with Crippen molar-refractivity contribution in [2.45, 2.75) is 19.4 Å². The molecule has 5 nitrogen and oxygen atoms in total. The Morgan fingerprint density at radius 1 is 1.23 bits per heavy atom. The predicted molar refractivity (Wildman–Crippen MR) is 103 cm³/mol. The van der Waals surface area contributed by atoms with Crippen molar-refractivity contribution in [1.82, 2.24) is 15.2 Å². The number of carbonyl (C=O) groups is 1. The second-order valence-electron chi connectivity index (χ2n) is 6.63. The number of amides is 2. The quantitative estimate of drug-likeness (QED) is 0.757. The first-order valence-electron chi connectivity index (χ1n) is 8.99. The van der Waals surface area contributed by atoms with E-state index in [1.165, 1.54) is 16.8 Å². The minimum atomic E-state index is 0.00354. The summed E-state index contributed by atoms with van der Waals surface area (Å²) < 4.78 is 5.35. The highest BCUT2D eigenvalue weighted by molar-refractivity contribution is 5.87. The van der Waals surface area contributed by atoms with Crippen molar-refractivity contribution < 1.29 is 9.53 Å². The van der Waals surface area contributed by atoms with Crippen LogP contribution in [0.5, 0.6) is 5.75 Å². The number of urea groups is 1. The van der Waals surface area contributed by atoms with E-state index >= 15 is 0 Å². The molecule has 3 aromatic rings. The maximum absolute atomic E-state index is 12.6. The Morgan fingerprint density at radius 2 is 2.08 bits per heavy atom. The normalized spacial score (nSPS) is 13.5. The van der Waals surface area contributed by atoms with E-state index in [2.05, 4.69) is 22.4 Å². The van der Waals surface area contributed by atoms with Crippen LogP contribution >= 0.6 is 0 Å². The summed E-state index contributed by atoms with van der Waals surface area (Å²) in [6.07, 6.45) is 1.69. The van der Waals surface area contributed by atoms with Crippen LogP contribution in [-0.4, -0.2) is 36.1 Å². The first-order valence-corrected chi connectivity index (χ1v) is 8.99. The molecule has 1 aliphatic heterocycles. The molecule has 0 fully saturated rings. The maximum Gasteiger partial charge on any atom is 0.317 e. The minimum absolute atomic E-state index is 0.00354. The summed E-state index contributed by atoms with van der Waals surface area (Å²) in [5.74, 6) is 0.837. The highest BCUT2D eigenvalue weighted by atomic mass is 16.5. The first-order chi connectivity index (χ1) is 12.7. The fourth-order valence-corrected chi connectivity index (χ4v) is 3.56. The van der Waals surface area contributed by atoms with Gasteiger partial charge in [0.05, 0.1) is 7.11 Å². The van der Waals surface area contributed by atoms with Gasteiger partial charge in [0.15, 0.2) is 0 Å². The Kier molecular flexibility index (Phi) is 4.52. The number of methoxy groups -OCH3 is 1. The van der Waals surface area contributed by atoms with Crippen molar-refractivity contribution in [3.63, 3.8) is 0 Å². The van der Waals surface area contributed by atoms with Gasteiger partial charge in [-0.05, 0) is 30.2 Å². The van der Waals surface area contributed by atoms with Crippen LogP contribution in [0.1, 0.15) is 16.8 Å². The van der Waals surface area contributed by atoms with Gasteiger partial charge in [-0.25, -0.2) is 4.79 Å². The third-order valence-corrected chi connectivity index (χ3v) is 5.00. The smallest absolute Gasteiger partial charge is 0.317 e. The highest BCUT2D eigenvalue weighted by Gasteiger charge is 2.24. The van der Waals surface area contributed by atoms with Gasteiger partial charge in [-0.15, -0.1) is 0 Å². The van der Waals surface area contributed by atoms with Gasteiger partial charge in [-0.2, -0.15) is 0 Å². The number of fused-ring (bicyclic) bond motifs is 3. The van der Waals surface area contributed by atoms with E-state index < -0.39 is 0 Å². The lowest BCUT2D eigenvalue weighted by molar-refractivity contribution is 0.192. The van der Waals surface area contributed by atoms with Gasteiger partial charge in [0.25, 0.3) is 0 Å². The number of ether oxygens (including phenoxy) is 1. The molecule has 0 bridgehead atoms. The summed E-state index contributed by atoms with van der Waals surface area (Å²) in [5, 5.41) is 4.19. The Hall–Kier alpha value is -2.95. The number of rotatable bonds is 4. The van der Waals surface area contributed by atoms with Crippen molar-refractivity contribution in [2.75, 3.05) is 20.2 Å². The second kappa shape index (κ2) is 7.12. The molecule has 0 unspecified atom stereocenters. The number of hydrogen-bond acceptors (Lipinski definition) is 2. The molecule has 2 aromatic carbocycles. The first kappa shape index (κ1) is 16.5. The van der Waals surface area contributed by atoms with Gasteiger partial charge < -0.3 is 19.9 Å². The van der Waals surface area contributed by atoms with Crippen molar-refractivity contribution in [3.05, 3.63) is 65.4 Å². The molecule has 0 spiro atoms. The van der Waals surface area contributed by atoms with Crippen LogP contribution in [0.15, 0.2) is 48.5 Å². The lowest BCUT2D eigenvalue weighted by atomic mass is 10.0. The van der Waals surface area contributed by atoms with Crippen LogP contribution in [0, 0.1) is 0 Å². The molecule has 2 amide bonds. The summed E-state index contributed by atoms with van der Waals surface area (Å²) >= 11 is 0. The Bertz CT molecular complexity index is 918. The van der Waals surface area contributed by atoms with Crippen molar-refractivity contribution in [1.29, 1.82) is 0 Å².